The van der Waals surface area contributed by atoms with Gasteiger partial charge in [-0.25, -0.2) is 4.79 Å². The predicted molar refractivity (Wildman–Crippen MR) is 154 cm³/mol. The second-order valence-electron chi connectivity index (χ2n) is 9.82. The van der Waals surface area contributed by atoms with Crippen molar-refractivity contribution in [3.63, 3.8) is 0 Å². The summed E-state index contributed by atoms with van der Waals surface area (Å²) in [4.78, 5) is 13.7. The molecule has 0 saturated carbocycles. The van der Waals surface area contributed by atoms with E-state index in [0.29, 0.717) is 12.2 Å². The van der Waals surface area contributed by atoms with Crippen molar-refractivity contribution in [3.8, 4) is 5.75 Å². The fraction of sp³-hybridized carbons (Fsp3) is 0.552. The molecule has 0 fully saturated rings. The van der Waals surface area contributed by atoms with Crippen LogP contribution in [-0.4, -0.2) is 60.0 Å². The number of benzene rings is 2. The summed E-state index contributed by atoms with van der Waals surface area (Å²) < 4.78 is 8.55. The van der Waals surface area contributed by atoms with E-state index in [1.54, 1.807) is 30.1 Å². The van der Waals surface area contributed by atoms with Gasteiger partial charge < -0.3 is 19.8 Å². The molecule has 1 heterocycles. The minimum Gasteiger partial charge on any atom is -0.491 e. The van der Waals surface area contributed by atoms with Crippen LogP contribution in [0.4, 0.5) is 5.69 Å². The second-order valence-corrected chi connectivity index (χ2v) is 11.2. The van der Waals surface area contributed by atoms with E-state index in [0.717, 1.165) is 61.8 Å². The minimum absolute atomic E-state index is 0.154. The average molecular weight is 549 g/mol. The zero-order valence-corrected chi connectivity index (χ0v) is 23.9. The molecule has 2 aromatic carbocycles. The highest BCUT2D eigenvalue weighted by molar-refractivity contribution is 7.96. The Labute approximate surface area is 231 Å². The molecule has 0 spiro atoms. The Balaban J connectivity index is 1.78. The lowest BCUT2D eigenvalue weighted by molar-refractivity contribution is -0.146. The number of fused-ring (bicyclic) bond motifs is 1. The van der Waals surface area contributed by atoms with Crippen LogP contribution in [0.2, 0.25) is 5.02 Å². The third-order valence-corrected chi connectivity index (χ3v) is 8.07. The van der Waals surface area contributed by atoms with Gasteiger partial charge in [-0.1, -0.05) is 68.3 Å². The van der Waals surface area contributed by atoms with Crippen molar-refractivity contribution in [3.05, 3.63) is 58.1 Å². The van der Waals surface area contributed by atoms with Crippen molar-refractivity contribution in [2.24, 2.45) is 0 Å². The molecule has 0 saturated heterocycles. The zero-order valence-electron chi connectivity index (χ0n) is 22.3. The highest BCUT2D eigenvalue weighted by Crippen LogP contribution is 2.38. The molecule has 6 nitrogen and oxygen atoms in total. The van der Waals surface area contributed by atoms with Crippen LogP contribution < -0.4 is 9.64 Å². The number of aliphatic carboxylic acids is 1. The quantitative estimate of drug-likeness (QED) is 0.205. The number of carboxylic acid groups (broad SMARTS) is 1. The number of hydrogen-bond donors (Lipinski definition) is 2. The van der Waals surface area contributed by atoms with Gasteiger partial charge >= 0.3 is 5.97 Å². The molecule has 2 aromatic rings. The molecule has 0 amide bonds. The maximum Gasteiger partial charge on any atom is 0.337 e. The van der Waals surface area contributed by atoms with Gasteiger partial charge in [0, 0.05) is 30.6 Å². The standard InChI is InChI=1S/C29H41ClN2O4S/c1-4-10-21-17-24(30)12-13-25(21)23-19-32(16-9-7-5-6-8-15-31(2)37-3)26-18-22(28(33)29(34)35)11-14-27(26)36-20-23/h11-14,17-18,23,28,33H,4-10,15-16,19-20H2,1-3H3,(H,34,35). The van der Waals surface area contributed by atoms with Crippen LogP contribution in [0.1, 0.15) is 74.2 Å². The predicted octanol–water partition coefficient (Wildman–Crippen LogP) is 6.55. The molecular formula is C29H41ClN2O4S. The first kappa shape index (κ1) is 29.6. The Morgan fingerprint density at radius 1 is 1.19 bits per heavy atom. The number of hydrogen-bond acceptors (Lipinski definition) is 6. The second kappa shape index (κ2) is 14.9. The van der Waals surface area contributed by atoms with E-state index in [9.17, 15) is 15.0 Å². The summed E-state index contributed by atoms with van der Waals surface area (Å²) >= 11 is 8.10. The van der Waals surface area contributed by atoms with Crippen molar-refractivity contribution in [1.29, 1.82) is 0 Å². The first-order valence-electron chi connectivity index (χ1n) is 13.3. The van der Waals surface area contributed by atoms with Gasteiger partial charge in [0.1, 0.15) is 5.75 Å². The Morgan fingerprint density at radius 3 is 2.68 bits per heavy atom. The largest absolute Gasteiger partial charge is 0.491 e. The van der Waals surface area contributed by atoms with E-state index in [1.165, 1.54) is 30.4 Å². The molecule has 2 N–H and O–H groups in total. The number of aliphatic hydroxyl groups excluding tert-OH is 1. The summed E-state index contributed by atoms with van der Waals surface area (Å²) in [6.45, 7) is 5.42. The van der Waals surface area contributed by atoms with E-state index in [1.807, 2.05) is 6.07 Å². The van der Waals surface area contributed by atoms with Crippen LogP contribution in [0.3, 0.4) is 0 Å². The van der Waals surface area contributed by atoms with Crippen LogP contribution in [0.25, 0.3) is 0 Å². The molecule has 2 atom stereocenters. The number of halogens is 1. The number of carbonyl (C=O) groups is 1. The normalized spacial score (nSPS) is 16.3. The average Bonchev–Trinajstić information content (AvgIpc) is 3.07. The molecule has 37 heavy (non-hydrogen) atoms. The number of anilines is 1. The third-order valence-electron chi connectivity index (χ3n) is 7.03. The van der Waals surface area contributed by atoms with Crippen LogP contribution in [0.5, 0.6) is 5.75 Å². The van der Waals surface area contributed by atoms with Crippen molar-refractivity contribution < 1.29 is 19.7 Å². The van der Waals surface area contributed by atoms with Crippen LogP contribution in [0.15, 0.2) is 36.4 Å². The van der Waals surface area contributed by atoms with Gasteiger partial charge in [-0.2, -0.15) is 0 Å². The lowest BCUT2D eigenvalue weighted by Crippen LogP contribution is -2.30. The van der Waals surface area contributed by atoms with Gasteiger partial charge in [0.05, 0.1) is 12.3 Å². The maximum absolute atomic E-state index is 11.4. The Morgan fingerprint density at radius 2 is 1.95 bits per heavy atom. The Bertz CT molecular complexity index is 1020. The summed E-state index contributed by atoms with van der Waals surface area (Å²) in [5.41, 5.74) is 3.74. The lowest BCUT2D eigenvalue weighted by atomic mass is 9.92. The molecule has 204 valence electrons. The number of ether oxygens (including phenoxy) is 1. The molecule has 3 rings (SSSR count). The minimum atomic E-state index is -1.56. The van der Waals surface area contributed by atoms with Gasteiger partial charge in [-0.05, 0) is 73.5 Å². The monoisotopic (exact) mass is 548 g/mol. The van der Waals surface area contributed by atoms with Gasteiger partial charge in [-0.15, -0.1) is 0 Å². The van der Waals surface area contributed by atoms with Gasteiger partial charge in [0.25, 0.3) is 0 Å². The summed E-state index contributed by atoms with van der Waals surface area (Å²) in [6, 6.07) is 11.4. The Kier molecular flexibility index (Phi) is 11.9. The molecule has 0 bridgehead atoms. The smallest absolute Gasteiger partial charge is 0.337 e. The maximum atomic E-state index is 11.4. The molecule has 8 heteroatoms. The number of unbranched alkanes of at least 4 members (excludes halogenated alkanes) is 4. The van der Waals surface area contributed by atoms with Gasteiger partial charge in [-0.3, -0.25) is 4.31 Å². The number of rotatable bonds is 14. The van der Waals surface area contributed by atoms with E-state index < -0.39 is 12.1 Å². The first-order valence-corrected chi connectivity index (χ1v) is 14.9. The van der Waals surface area contributed by atoms with Gasteiger partial charge in [0.2, 0.25) is 0 Å². The molecular weight excluding hydrogens is 508 g/mol. The number of nitrogens with zero attached hydrogens (tertiary/aromatic N) is 2. The molecule has 0 aromatic heterocycles. The van der Waals surface area contributed by atoms with Crippen molar-refractivity contribution in [2.45, 2.75) is 63.9 Å². The fourth-order valence-corrected chi connectivity index (χ4v) is 5.45. The first-order chi connectivity index (χ1) is 17.8. The highest BCUT2D eigenvalue weighted by Gasteiger charge is 2.27. The number of aryl methyl sites for hydroxylation is 1. The molecule has 0 aliphatic carbocycles. The van der Waals surface area contributed by atoms with Crippen molar-refractivity contribution in [2.75, 3.05) is 44.4 Å². The SMILES string of the molecule is CCCc1cc(Cl)ccc1C1COc2ccc(C(O)C(=O)O)cc2N(CCCCCCCN(C)SC)C1. The topological polar surface area (TPSA) is 73.2 Å². The Hall–Kier alpha value is -1.93. The molecule has 1 aliphatic rings. The summed E-state index contributed by atoms with van der Waals surface area (Å²) in [7, 11) is 2.13. The molecule has 0 radical (unpaired) electrons. The lowest BCUT2D eigenvalue weighted by Gasteiger charge is -2.28. The van der Waals surface area contributed by atoms with Crippen LogP contribution >= 0.6 is 23.5 Å². The number of carboxylic acids is 1. The van der Waals surface area contributed by atoms with E-state index in [-0.39, 0.29) is 5.92 Å². The highest BCUT2D eigenvalue weighted by atomic mass is 35.5. The fourth-order valence-electron chi connectivity index (χ4n) is 4.94. The van der Waals surface area contributed by atoms with Gasteiger partial charge in [0.15, 0.2) is 6.10 Å². The number of aliphatic hydroxyl groups is 1. The summed E-state index contributed by atoms with van der Waals surface area (Å²) in [5.74, 6) is -0.368. The van der Waals surface area contributed by atoms with Crippen LogP contribution in [-0.2, 0) is 11.2 Å². The van der Waals surface area contributed by atoms with E-state index in [2.05, 4.69) is 41.6 Å². The van der Waals surface area contributed by atoms with E-state index in [4.69, 9.17) is 16.3 Å². The zero-order chi connectivity index (χ0) is 26.8. The molecule has 2 unspecified atom stereocenters. The van der Waals surface area contributed by atoms with Crippen molar-refractivity contribution in [1.82, 2.24) is 4.31 Å². The van der Waals surface area contributed by atoms with Crippen LogP contribution in [0, 0.1) is 0 Å². The third kappa shape index (κ3) is 8.54. The molecule has 1 aliphatic heterocycles. The summed E-state index contributed by atoms with van der Waals surface area (Å²) in [5, 5.41) is 20.3. The van der Waals surface area contributed by atoms with E-state index >= 15 is 0 Å². The summed E-state index contributed by atoms with van der Waals surface area (Å²) in [6.07, 6.45) is 8.33. The van der Waals surface area contributed by atoms with Crippen molar-refractivity contribution >= 4 is 35.2 Å².